The summed E-state index contributed by atoms with van der Waals surface area (Å²) < 4.78 is 65.0. The number of rotatable bonds is 4. The van der Waals surface area contributed by atoms with Crippen LogP contribution in [-0.4, -0.2) is 48.1 Å². The van der Waals surface area contributed by atoms with Crippen molar-refractivity contribution in [3.8, 4) is 0 Å². The Kier molecular flexibility index (Phi) is 10.5. The second kappa shape index (κ2) is 9.09. The van der Waals surface area contributed by atoms with Crippen LogP contribution in [0.1, 0.15) is 20.7 Å². The predicted molar refractivity (Wildman–Crippen MR) is 56.3 cm³/mol. The standard InChI is InChI=1S/C8H6O10S2.2K/c9-7(10)4-1-3(19(13,14)15)2-5(20(16,17)18)6(4)8(11)12;;/h1-2H,(H,9,10)(H,11,12)(H,13,14,15)(H,16,17,18);;/q;2*+1/p-2. The van der Waals surface area contributed by atoms with E-state index in [4.69, 9.17) is 10.2 Å². The van der Waals surface area contributed by atoms with Gasteiger partial charge >= 0.3 is 115 Å². The zero-order valence-electron chi connectivity index (χ0n) is 11.1. The molecule has 0 spiro atoms. The van der Waals surface area contributed by atoms with Crippen LogP contribution in [0.25, 0.3) is 0 Å². The minimum atomic E-state index is -5.51. The monoisotopic (exact) mass is 402 g/mol. The molecule has 0 bridgehead atoms. The summed E-state index contributed by atoms with van der Waals surface area (Å²) in [5, 5.41) is 17.5. The maximum Gasteiger partial charge on any atom is 1.00 e. The summed E-state index contributed by atoms with van der Waals surface area (Å²) in [6.07, 6.45) is 0. The van der Waals surface area contributed by atoms with Gasteiger partial charge in [-0.25, -0.2) is 26.4 Å². The molecule has 0 aromatic heterocycles. The first-order valence-electron chi connectivity index (χ1n) is 4.42. The number of benzene rings is 1. The molecule has 0 aliphatic rings. The zero-order chi connectivity index (χ0) is 15.9. The van der Waals surface area contributed by atoms with Gasteiger partial charge in [0.15, 0.2) is 0 Å². The number of hydrogen-bond donors (Lipinski definition) is 2. The number of hydrogen-bond acceptors (Lipinski definition) is 8. The summed E-state index contributed by atoms with van der Waals surface area (Å²) >= 11 is 0. The van der Waals surface area contributed by atoms with Gasteiger partial charge in [0, 0.05) is 0 Å². The summed E-state index contributed by atoms with van der Waals surface area (Å²) in [6.45, 7) is 0. The minimum absolute atomic E-state index is 0. The van der Waals surface area contributed by atoms with Crippen molar-refractivity contribution in [2.24, 2.45) is 0 Å². The van der Waals surface area contributed by atoms with E-state index >= 15 is 0 Å². The first kappa shape index (κ1) is 25.5. The van der Waals surface area contributed by atoms with E-state index in [1.807, 2.05) is 0 Å². The first-order valence-corrected chi connectivity index (χ1v) is 7.23. The van der Waals surface area contributed by atoms with E-state index in [0.29, 0.717) is 0 Å². The molecule has 0 radical (unpaired) electrons. The number of carboxylic acids is 2. The van der Waals surface area contributed by atoms with Crippen molar-refractivity contribution < 1.29 is 149 Å². The molecule has 0 saturated carbocycles. The molecule has 0 aliphatic heterocycles. The second-order valence-electron chi connectivity index (χ2n) is 3.36. The van der Waals surface area contributed by atoms with Gasteiger partial charge in [-0.05, 0) is 12.1 Å². The van der Waals surface area contributed by atoms with Gasteiger partial charge in [-0.3, -0.25) is 0 Å². The van der Waals surface area contributed by atoms with Gasteiger partial charge in [-0.15, -0.1) is 0 Å². The normalized spacial score (nSPS) is 11.0. The number of carbonyl (C=O) groups is 2. The topological polar surface area (TPSA) is 189 Å². The van der Waals surface area contributed by atoms with E-state index in [1.165, 1.54) is 0 Å². The molecule has 10 nitrogen and oxygen atoms in total. The summed E-state index contributed by atoms with van der Waals surface area (Å²) in [6, 6.07) is 0.184. The van der Waals surface area contributed by atoms with E-state index in [0.717, 1.165) is 0 Å². The molecule has 0 aliphatic carbocycles. The van der Waals surface area contributed by atoms with Crippen LogP contribution in [0, 0.1) is 0 Å². The maximum absolute atomic E-state index is 10.9. The van der Waals surface area contributed by atoms with Gasteiger partial charge in [-0.2, -0.15) is 0 Å². The third kappa shape index (κ3) is 6.28. The third-order valence-electron chi connectivity index (χ3n) is 2.08. The number of carboxylic acid groups (broad SMARTS) is 2. The number of aromatic carboxylic acids is 2. The molecule has 0 amide bonds. The van der Waals surface area contributed by atoms with Gasteiger partial charge in [0.1, 0.15) is 20.2 Å². The Morgan fingerprint density at radius 3 is 1.59 bits per heavy atom. The van der Waals surface area contributed by atoms with E-state index in [-0.39, 0.29) is 115 Å². The van der Waals surface area contributed by atoms with E-state index in [1.54, 1.807) is 0 Å². The summed E-state index contributed by atoms with van der Waals surface area (Å²) in [5.74, 6) is -4.09. The van der Waals surface area contributed by atoms with E-state index in [9.17, 15) is 35.5 Å². The molecule has 14 heteroatoms. The first-order chi connectivity index (χ1) is 8.85. The van der Waals surface area contributed by atoms with Crippen LogP contribution in [0.4, 0.5) is 0 Å². The predicted octanol–water partition coefficient (Wildman–Crippen LogP) is -7.10. The Hall–Kier alpha value is 1.25. The molecular weight excluding hydrogens is 398 g/mol. The van der Waals surface area contributed by atoms with Crippen LogP contribution < -0.4 is 103 Å². The molecule has 0 heterocycles. The Morgan fingerprint density at radius 2 is 1.32 bits per heavy atom. The van der Waals surface area contributed by atoms with Crippen molar-refractivity contribution in [1.29, 1.82) is 0 Å². The summed E-state index contributed by atoms with van der Waals surface area (Å²) in [4.78, 5) is 18.7. The molecule has 22 heavy (non-hydrogen) atoms. The fraction of sp³-hybridized carbons (Fsp3) is 0. The van der Waals surface area contributed by atoms with Crippen LogP contribution in [0.2, 0.25) is 0 Å². The zero-order valence-corrected chi connectivity index (χ0v) is 19.0. The second-order valence-corrected chi connectivity index (χ2v) is 6.09. The fourth-order valence-corrected chi connectivity index (χ4v) is 2.64. The third-order valence-corrected chi connectivity index (χ3v) is 3.75. The smallest absolute Gasteiger partial charge is 0.744 e. The molecule has 1 rings (SSSR count). The molecule has 110 valence electrons. The SMILES string of the molecule is O=C(O)c1cc(S(=O)(=O)[O-])cc(S(=O)(=O)[O-])c1C(=O)O.[K+].[K+]. The average molecular weight is 402 g/mol. The largest absolute Gasteiger partial charge is 1.00 e. The fourth-order valence-electron chi connectivity index (χ4n) is 1.32. The van der Waals surface area contributed by atoms with Crippen molar-refractivity contribution in [3.05, 3.63) is 23.3 Å². The van der Waals surface area contributed by atoms with Crippen molar-refractivity contribution in [2.75, 3.05) is 0 Å². The minimum Gasteiger partial charge on any atom is -0.744 e. The molecule has 0 atom stereocenters. The Morgan fingerprint density at radius 1 is 0.864 bits per heavy atom. The van der Waals surface area contributed by atoms with Crippen LogP contribution in [-0.2, 0) is 20.2 Å². The quantitative estimate of drug-likeness (QED) is 0.361. The molecular formula is C8H4K2O10S2. The van der Waals surface area contributed by atoms with Gasteiger partial charge in [0.25, 0.3) is 0 Å². The van der Waals surface area contributed by atoms with Crippen molar-refractivity contribution in [2.45, 2.75) is 9.79 Å². The molecule has 1 aromatic carbocycles. The average Bonchev–Trinajstić information content (AvgIpc) is 2.24. The van der Waals surface area contributed by atoms with Gasteiger partial charge in [-0.1, -0.05) is 0 Å². The maximum atomic E-state index is 10.9. The van der Waals surface area contributed by atoms with Gasteiger partial charge < -0.3 is 19.3 Å². The molecule has 2 N–H and O–H groups in total. The van der Waals surface area contributed by atoms with Gasteiger partial charge in [0.05, 0.1) is 20.9 Å². The Balaban J connectivity index is 0. The molecule has 0 saturated heterocycles. The Bertz CT molecular complexity index is 812. The van der Waals surface area contributed by atoms with Crippen LogP contribution in [0.15, 0.2) is 21.9 Å². The van der Waals surface area contributed by atoms with Crippen molar-refractivity contribution in [3.63, 3.8) is 0 Å². The summed E-state index contributed by atoms with van der Waals surface area (Å²) in [5.41, 5.74) is -2.72. The van der Waals surface area contributed by atoms with E-state index < -0.39 is 53.1 Å². The Labute approximate surface area is 209 Å². The molecule has 0 fully saturated rings. The molecule has 0 unspecified atom stereocenters. The van der Waals surface area contributed by atoms with Gasteiger partial charge in [0.2, 0.25) is 0 Å². The van der Waals surface area contributed by atoms with E-state index in [2.05, 4.69) is 0 Å². The van der Waals surface area contributed by atoms with Crippen molar-refractivity contribution in [1.82, 2.24) is 0 Å². The van der Waals surface area contributed by atoms with Crippen LogP contribution in [0.3, 0.4) is 0 Å². The van der Waals surface area contributed by atoms with Crippen LogP contribution in [0.5, 0.6) is 0 Å². The summed E-state index contributed by atoms with van der Waals surface area (Å²) in [7, 11) is -10.8. The van der Waals surface area contributed by atoms with Crippen LogP contribution >= 0.6 is 0 Å². The van der Waals surface area contributed by atoms with Crippen molar-refractivity contribution >= 4 is 32.2 Å². The molecule has 1 aromatic rings.